The lowest BCUT2D eigenvalue weighted by Crippen LogP contribution is -2.18. The van der Waals surface area contributed by atoms with Crippen molar-refractivity contribution in [3.63, 3.8) is 0 Å². The van der Waals surface area contributed by atoms with Crippen molar-refractivity contribution in [3.05, 3.63) is 71.8 Å². The molecule has 2 aromatic carbocycles. The lowest BCUT2D eigenvalue weighted by atomic mass is 10.1. The molecule has 1 atom stereocenters. The van der Waals surface area contributed by atoms with Crippen LogP contribution >= 0.6 is 11.8 Å². The van der Waals surface area contributed by atoms with Crippen LogP contribution in [-0.4, -0.2) is 27.4 Å². The summed E-state index contributed by atoms with van der Waals surface area (Å²) in [6.07, 6.45) is 0. The predicted molar refractivity (Wildman–Crippen MR) is 103 cm³/mol. The van der Waals surface area contributed by atoms with Crippen LogP contribution in [0, 0.1) is 5.82 Å². The zero-order valence-corrected chi connectivity index (χ0v) is 15.9. The van der Waals surface area contributed by atoms with Crippen molar-refractivity contribution >= 4 is 17.7 Å². The number of carbonyl (C=O) groups excluding carboxylic acids is 1. The molecule has 0 aliphatic heterocycles. The van der Waals surface area contributed by atoms with Crippen molar-refractivity contribution in [2.45, 2.75) is 23.9 Å². The third kappa shape index (κ3) is 4.80. The van der Waals surface area contributed by atoms with Crippen LogP contribution in [0.25, 0.3) is 0 Å². The number of ether oxygens (including phenoxy) is 2. The van der Waals surface area contributed by atoms with E-state index in [-0.39, 0.29) is 25.0 Å². The molecule has 0 spiro atoms. The van der Waals surface area contributed by atoms with E-state index in [9.17, 15) is 9.18 Å². The summed E-state index contributed by atoms with van der Waals surface area (Å²) in [5.41, 5.74) is 0.776. The van der Waals surface area contributed by atoms with Gasteiger partial charge in [-0.2, -0.15) is 0 Å². The summed E-state index contributed by atoms with van der Waals surface area (Å²) in [4.78, 5) is 12.4. The number of thioether (sulfide) groups is 1. The number of rotatable bonds is 8. The van der Waals surface area contributed by atoms with Gasteiger partial charge < -0.3 is 15.3 Å². The van der Waals surface area contributed by atoms with Gasteiger partial charge in [0.25, 0.3) is 0 Å². The lowest BCUT2D eigenvalue weighted by molar-refractivity contribution is -0.142. The third-order valence-electron chi connectivity index (χ3n) is 3.74. The maximum atomic E-state index is 13.0. The molecule has 146 valence electrons. The highest BCUT2D eigenvalue weighted by molar-refractivity contribution is 8.00. The topological polar surface area (TPSA) is 92.3 Å². The number of nitrogen functional groups attached to an aromatic ring is 1. The van der Waals surface area contributed by atoms with E-state index in [1.807, 2.05) is 30.3 Å². The molecule has 1 heterocycles. The van der Waals surface area contributed by atoms with Crippen molar-refractivity contribution in [1.29, 1.82) is 0 Å². The van der Waals surface area contributed by atoms with Crippen molar-refractivity contribution in [3.8, 4) is 5.75 Å². The average molecular weight is 402 g/mol. The van der Waals surface area contributed by atoms with Crippen LogP contribution in [0.3, 0.4) is 0 Å². The molecule has 0 saturated heterocycles. The second kappa shape index (κ2) is 9.23. The molecular weight excluding hydrogens is 383 g/mol. The minimum Gasteiger partial charge on any atom is -0.486 e. The number of aromatic nitrogens is 3. The van der Waals surface area contributed by atoms with Gasteiger partial charge in [0.2, 0.25) is 5.16 Å². The molecule has 3 rings (SSSR count). The number of halogens is 1. The minimum atomic E-state index is -0.626. The van der Waals surface area contributed by atoms with E-state index in [1.54, 1.807) is 6.92 Å². The Morgan fingerprint density at radius 1 is 1.18 bits per heavy atom. The number of nitrogens with zero attached hydrogens (tertiary/aromatic N) is 3. The van der Waals surface area contributed by atoms with Crippen molar-refractivity contribution in [2.24, 2.45) is 0 Å². The van der Waals surface area contributed by atoms with Gasteiger partial charge in [0, 0.05) is 0 Å². The maximum absolute atomic E-state index is 13.0. The predicted octanol–water partition coefficient (Wildman–Crippen LogP) is 3.11. The average Bonchev–Trinajstić information content (AvgIpc) is 3.06. The molecule has 0 aliphatic rings. The van der Waals surface area contributed by atoms with Gasteiger partial charge in [-0.15, -0.1) is 10.2 Å². The van der Waals surface area contributed by atoms with E-state index in [4.69, 9.17) is 15.3 Å². The smallest absolute Gasteiger partial charge is 0.324 e. The van der Waals surface area contributed by atoms with E-state index < -0.39 is 5.25 Å². The second-order valence-electron chi connectivity index (χ2n) is 5.67. The van der Waals surface area contributed by atoms with Gasteiger partial charge in [-0.05, 0) is 36.8 Å². The fourth-order valence-electron chi connectivity index (χ4n) is 2.37. The summed E-state index contributed by atoms with van der Waals surface area (Å²) in [6.45, 7) is 2.07. The number of esters is 1. The monoisotopic (exact) mass is 402 g/mol. The van der Waals surface area contributed by atoms with Crippen molar-refractivity contribution < 1.29 is 18.7 Å². The third-order valence-corrected chi connectivity index (χ3v) is 4.93. The Hall–Kier alpha value is -3.07. The molecule has 7 nitrogen and oxygen atoms in total. The first-order valence-electron chi connectivity index (χ1n) is 8.54. The van der Waals surface area contributed by atoms with E-state index in [0.717, 1.165) is 17.3 Å². The Kier molecular flexibility index (Phi) is 6.49. The lowest BCUT2D eigenvalue weighted by Gasteiger charge is -2.15. The highest BCUT2D eigenvalue weighted by Gasteiger charge is 2.26. The molecule has 0 amide bonds. The normalized spacial score (nSPS) is 11.8. The zero-order chi connectivity index (χ0) is 19.9. The fourth-order valence-corrected chi connectivity index (χ4v) is 3.34. The standard InChI is InChI=1S/C19H19FN4O3S/c1-2-26-18(25)17(13-6-4-3-5-7-13)28-19-23-22-16(24(19)21)12-27-15-10-8-14(20)9-11-15/h3-11,17H,2,12,21H2,1H3. The highest BCUT2D eigenvalue weighted by atomic mass is 32.2. The molecule has 3 aromatic rings. The van der Waals surface area contributed by atoms with E-state index >= 15 is 0 Å². The molecule has 0 fully saturated rings. The Bertz CT molecular complexity index is 919. The Morgan fingerprint density at radius 3 is 2.57 bits per heavy atom. The molecule has 0 aliphatic carbocycles. The number of hydrogen-bond donors (Lipinski definition) is 1. The number of nitrogens with two attached hydrogens (primary N) is 1. The minimum absolute atomic E-state index is 0.0467. The molecule has 9 heteroatoms. The quantitative estimate of drug-likeness (QED) is 0.352. The molecule has 1 unspecified atom stereocenters. The summed E-state index contributed by atoms with van der Waals surface area (Å²) in [6, 6.07) is 14.8. The first-order chi connectivity index (χ1) is 13.6. The van der Waals surface area contributed by atoms with Gasteiger partial charge in [0.1, 0.15) is 23.4 Å². The molecule has 28 heavy (non-hydrogen) atoms. The Balaban J connectivity index is 1.73. The van der Waals surface area contributed by atoms with Crippen LogP contribution in [0.5, 0.6) is 5.75 Å². The second-order valence-corrected chi connectivity index (χ2v) is 6.74. The molecule has 1 aromatic heterocycles. The van der Waals surface area contributed by atoms with Crippen molar-refractivity contribution in [2.75, 3.05) is 12.4 Å². The van der Waals surface area contributed by atoms with Crippen LogP contribution in [0.2, 0.25) is 0 Å². The van der Waals surface area contributed by atoms with Crippen LogP contribution in [0.4, 0.5) is 4.39 Å². The van der Waals surface area contributed by atoms with E-state index in [0.29, 0.717) is 16.7 Å². The van der Waals surface area contributed by atoms with E-state index in [2.05, 4.69) is 10.2 Å². The van der Waals surface area contributed by atoms with Crippen LogP contribution in [0.1, 0.15) is 23.6 Å². The van der Waals surface area contributed by atoms with Crippen LogP contribution < -0.4 is 10.6 Å². The highest BCUT2D eigenvalue weighted by Crippen LogP contribution is 2.35. The maximum Gasteiger partial charge on any atom is 0.324 e. The van der Waals surface area contributed by atoms with Gasteiger partial charge in [-0.3, -0.25) is 4.79 Å². The number of benzene rings is 2. The first-order valence-corrected chi connectivity index (χ1v) is 9.42. The molecule has 0 saturated carbocycles. The van der Waals surface area contributed by atoms with Gasteiger partial charge in [0.15, 0.2) is 5.82 Å². The van der Waals surface area contributed by atoms with Gasteiger partial charge >= 0.3 is 5.97 Å². The van der Waals surface area contributed by atoms with Crippen LogP contribution in [-0.2, 0) is 16.1 Å². The first kappa shape index (κ1) is 19.7. The largest absolute Gasteiger partial charge is 0.486 e. The van der Waals surface area contributed by atoms with Gasteiger partial charge in [-0.1, -0.05) is 42.1 Å². The summed E-state index contributed by atoms with van der Waals surface area (Å²) in [7, 11) is 0. The summed E-state index contributed by atoms with van der Waals surface area (Å²) in [5, 5.41) is 7.79. The Morgan fingerprint density at radius 2 is 1.89 bits per heavy atom. The number of carbonyl (C=O) groups is 1. The Labute approximate surface area is 165 Å². The SMILES string of the molecule is CCOC(=O)C(Sc1nnc(COc2ccc(F)cc2)n1N)c1ccccc1. The van der Waals surface area contributed by atoms with Gasteiger partial charge in [-0.25, -0.2) is 9.07 Å². The van der Waals surface area contributed by atoms with Crippen molar-refractivity contribution in [1.82, 2.24) is 14.9 Å². The van der Waals surface area contributed by atoms with Crippen LogP contribution in [0.15, 0.2) is 59.8 Å². The zero-order valence-electron chi connectivity index (χ0n) is 15.1. The summed E-state index contributed by atoms with van der Waals surface area (Å²) in [5.74, 6) is 6.18. The fraction of sp³-hybridized carbons (Fsp3) is 0.211. The summed E-state index contributed by atoms with van der Waals surface area (Å²) >= 11 is 1.15. The number of hydrogen-bond acceptors (Lipinski definition) is 7. The van der Waals surface area contributed by atoms with Gasteiger partial charge in [0.05, 0.1) is 6.61 Å². The molecule has 0 radical (unpaired) electrons. The van der Waals surface area contributed by atoms with E-state index in [1.165, 1.54) is 28.9 Å². The molecule has 0 bridgehead atoms. The molecule has 2 N–H and O–H groups in total. The summed E-state index contributed by atoms with van der Waals surface area (Å²) < 4.78 is 24.9. The molecular formula is C19H19FN4O3S.